The molecule has 0 unspecified atom stereocenters. The monoisotopic (exact) mass is 358 g/mol. The number of benzene rings is 1. The van der Waals surface area contributed by atoms with Crippen LogP contribution in [0, 0.1) is 11.3 Å². The van der Waals surface area contributed by atoms with Crippen LogP contribution in [0.4, 0.5) is 10.5 Å². The van der Waals surface area contributed by atoms with E-state index >= 15 is 0 Å². The fourth-order valence-corrected chi connectivity index (χ4v) is 2.48. The number of rotatable bonds is 4. The molecule has 0 aliphatic carbocycles. The van der Waals surface area contributed by atoms with Gasteiger partial charge in [-0.25, -0.2) is 9.79 Å². The van der Waals surface area contributed by atoms with Crippen LogP contribution in [0.2, 0.25) is 0 Å². The SMILES string of the molecule is CN(C)C=Nc1ccc(O[C@H]2CCN(C(=O)OC(C)(C)C)C2)cc1C#N. The van der Waals surface area contributed by atoms with Crippen LogP contribution in [0.25, 0.3) is 0 Å². The van der Waals surface area contributed by atoms with Crippen molar-refractivity contribution in [2.24, 2.45) is 4.99 Å². The molecule has 140 valence electrons. The molecule has 1 aliphatic heterocycles. The predicted octanol–water partition coefficient (Wildman–Crippen LogP) is 3.17. The minimum absolute atomic E-state index is 0.120. The lowest BCUT2D eigenvalue weighted by molar-refractivity contribution is 0.0275. The van der Waals surface area contributed by atoms with E-state index in [4.69, 9.17) is 9.47 Å². The number of nitriles is 1. The van der Waals surface area contributed by atoms with Crippen LogP contribution in [0.1, 0.15) is 32.8 Å². The van der Waals surface area contributed by atoms with Crippen molar-refractivity contribution in [2.45, 2.75) is 38.9 Å². The first-order valence-electron chi connectivity index (χ1n) is 8.57. The Morgan fingerprint density at radius 1 is 1.42 bits per heavy atom. The van der Waals surface area contributed by atoms with Gasteiger partial charge in [0.25, 0.3) is 0 Å². The van der Waals surface area contributed by atoms with E-state index in [1.807, 2.05) is 34.9 Å². The number of ether oxygens (including phenoxy) is 2. The first-order chi connectivity index (χ1) is 12.2. The van der Waals surface area contributed by atoms with Gasteiger partial charge < -0.3 is 19.3 Å². The first kappa shape index (κ1) is 19.6. The molecule has 2 rings (SSSR count). The van der Waals surface area contributed by atoms with Gasteiger partial charge in [-0.1, -0.05) is 0 Å². The van der Waals surface area contributed by atoms with Gasteiger partial charge in [0.15, 0.2) is 0 Å². The third kappa shape index (κ3) is 5.66. The summed E-state index contributed by atoms with van der Waals surface area (Å²) in [5, 5.41) is 9.33. The first-order valence-corrected chi connectivity index (χ1v) is 8.57. The molecule has 1 aromatic rings. The lowest BCUT2D eigenvalue weighted by Gasteiger charge is -2.24. The van der Waals surface area contributed by atoms with E-state index in [-0.39, 0.29) is 12.2 Å². The Bertz CT molecular complexity index is 716. The highest BCUT2D eigenvalue weighted by atomic mass is 16.6. The number of likely N-dealkylation sites (tertiary alicyclic amines) is 1. The number of hydrogen-bond acceptors (Lipinski definition) is 5. The van der Waals surface area contributed by atoms with E-state index in [1.54, 1.807) is 34.3 Å². The standard InChI is InChI=1S/C19H26N4O3/c1-19(2,3)26-18(24)23-9-8-16(12-23)25-15-6-7-17(14(10-15)11-20)21-13-22(4)5/h6-7,10,13,16H,8-9,12H2,1-5H3/t16-/m0/s1. The van der Waals surface area contributed by atoms with Crippen LogP contribution in [0.3, 0.4) is 0 Å². The summed E-state index contributed by atoms with van der Waals surface area (Å²) in [6, 6.07) is 7.37. The van der Waals surface area contributed by atoms with Crippen LogP contribution < -0.4 is 4.74 Å². The van der Waals surface area contributed by atoms with Crippen molar-refractivity contribution in [1.29, 1.82) is 5.26 Å². The quantitative estimate of drug-likeness (QED) is 0.610. The molecule has 1 aliphatic rings. The lowest BCUT2D eigenvalue weighted by atomic mass is 10.2. The summed E-state index contributed by atoms with van der Waals surface area (Å²) < 4.78 is 11.3. The van der Waals surface area contributed by atoms with Gasteiger partial charge in [-0.2, -0.15) is 5.26 Å². The Labute approximate surface area is 154 Å². The van der Waals surface area contributed by atoms with Gasteiger partial charge in [0.05, 0.1) is 24.1 Å². The van der Waals surface area contributed by atoms with E-state index in [9.17, 15) is 10.1 Å². The molecule has 0 spiro atoms. The van der Waals surface area contributed by atoms with Gasteiger partial charge in [0.2, 0.25) is 0 Å². The molecular weight excluding hydrogens is 332 g/mol. The van der Waals surface area contributed by atoms with Gasteiger partial charge in [0, 0.05) is 33.1 Å². The Morgan fingerprint density at radius 3 is 2.77 bits per heavy atom. The van der Waals surface area contributed by atoms with E-state index in [0.717, 1.165) is 6.42 Å². The zero-order valence-corrected chi connectivity index (χ0v) is 16.0. The summed E-state index contributed by atoms with van der Waals surface area (Å²) >= 11 is 0. The van der Waals surface area contributed by atoms with Crippen LogP contribution >= 0.6 is 0 Å². The largest absolute Gasteiger partial charge is 0.488 e. The Morgan fingerprint density at radius 2 is 2.15 bits per heavy atom. The molecule has 0 N–H and O–H groups in total. The number of nitrogens with zero attached hydrogens (tertiary/aromatic N) is 4. The Hall–Kier alpha value is -2.75. The van der Waals surface area contributed by atoms with Crippen LogP contribution in [0.15, 0.2) is 23.2 Å². The average Bonchev–Trinajstić information content (AvgIpc) is 3.00. The van der Waals surface area contributed by atoms with Crippen molar-refractivity contribution in [3.8, 4) is 11.8 Å². The molecule has 7 nitrogen and oxygen atoms in total. The maximum atomic E-state index is 12.1. The summed E-state index contributed by atoms with van der Waals surface area (Å²) in [4.78, 5) is 19.8. The second kappa shape index (κ2) is 8.09. The molecule has 1 amide bonds. The van der Waals surface area contributed by atoms with E-state index in [0.29, 0.717) is 30.1 Å². The van der Waals surface area contributed by atoms with Crippen molar-refractivity contribution in [3.05, 3.63) is 23.8 Å². The fourth-order valence-electron chi connectivity index (χ4n) is 2.48. The van der Waals surface area contributed by atoms with Crippen LogP contribution in [-0.2, 0) is 4.74 Å². The van der Waals surface area contributed by atoms with E-state index in [1.165, 1.54) is 0 Å². The van der Waals surface area contributed by atoms with E-state index < -0.39 is 5.60 Å². The summed E-state index contributed by atoms with van der Waals surface area (Å²) in [5.41, 5.74) is 0.527. The number of hydrogen-bond donors (Lipinski definition) is 0. The third-order valence-corrected chi connectivity index (χ3v) is 3.62. The van der Waals surface area contributed by atoms with Gasteiger partial charge in [-0.05, 0) is 32.9 Å². The second-order valence-electron chi connectivity index (χ2n) is 7.45. The molecule has 1 atom stereocenters. The minimum atomic E-state index is -0.513. The molecule has 7 heteroatoms. The van der Waals surface area contributed by atoms with Gasteiger partial charge >= 0.3 is 6.09 Å². The predicted molar refractivity (Wildman–Crippen MR) is 99.8 cm³/mol. The van der Waals surface area contributed by atoms with Crippen molar-refractivity contribution in [2.75, 3.05) is 27.2 Å². The normalized spacial score (nSPS) is 17.2. The summed E-state index contributed by atoms with van der Waals surface area (Å²) in [7, 11) is 3.73. The molecule has 1 heterocycles. The van der Waals surface area contributed by atoms with E-state index in [2.05, 4.69) is 11.1 Å². The molecule has 26 heavy (non-hydrogen) atoms. The summed E-state index contributed by atoms with van der Waals surface area (Å²) in [6.07, 6.45) is 1.92. The second-order valence-corrected chi connectivity index (χ2v) is 7.45. The maximum absolute atomic E-state index is 12.1. The van der Waals surface area contributed by atoms with Crippen LogP contribution in [-0.4, -0.2) is 61.1 Å². The van der Waals surface area contributed by atoms with Gasteiger partial charge in [-0.15, -0.1) is 0 Å². The zero-order valence-electron chi connectivity index (χ0n) is 16.0. The molecule has 0 saturated carbocycles. The molecule has 0 aromatic heterocycles. The molecule has 1 aromatic carbocycles. The summed E-state index contributed by atoms with van der Waals surface area (Å²) in [6.45, 7) is 6.60. The van der Waals surface area contributed by atoms with Crippen molar-refractivity contribution in [3.63, 3.8) is 0 Å². The van der Waals surface area contributed by atoms with Crippen molar-refractivity contribution < 1.29 is 14.3 Å². The molecule has 0 bridgehead atoms. The number of carbonyl (C=O) groups excluding carboxylic acids is 1. The molecular formula is C19H26N4O3. The fraction of sp³-hybridized carbons (Fsp3) is 0.526. The Kier molecular flexibility index (Phi) is 6.09. The van der Waals surface area contributed by atoms with Gasteiger partial charge in [-0.3, -0.25) is 0 Å². The van der Waals surface area contributed by atoms with Crippen LogP contribution in [0.5, 0.6) is 5.75 Å². The highest BCUT2D eigenvalue weighted by Crippen LogP contribution is 2.26. The number of carbonyl (C=O) groups is 1. The van der Waals surface area contributed by atoms with Crippen molar-refractivity contribution in [1.82, 2.24) is 9.80 Å². The lowest BCUT2D eigenvalue weighted by Crippen LogP contribution is -2.36. The summed E-state index contributed by atoms with van der Waals surface area (Å²) in [5.74, 6) is 0.599. The molecule has 0 radical (unpaired) electrons. The third-order valence-electron chi connectivity index (χ3n) is 3.62. The minimum Gasteiger partial charge on any atom is -0.488 e. The molecule has 1 fully saturated rings. The Balaban J connectivity index is 1.99. The number of amides is 1. The number of aliphatic imine (C=N–C) groups is 1. The maximum Gasteiger partial charge on any atom is 0.410 e. The average molecular weight is 358 g/mol. The smallest absolute Gasteiger partial charge is 0.410 e. The topological polar surface area (TPSA) is 78.2 Å². The molecule has 1 saturated heterocycles. The highest BCUT2D eigenvalue weighted by molar-refractivity contribution is 5.68. The van der Waals surface area contributed by atoms with Gasteiger partial charge in [0.1, 0.15) is 23.5 Å². The van der Waals surface area contributed by atoms with Crippen molar-refractivity contribution >= 4 is 18.1 Å². The zero-order chi connectivity index (χ0) is 19.3. The highest BCUT2D eigenvalue weighted by Gasteiger charge is 2.30.